The van der Waals surface area contributed by atoms with Crippen LogP contribution in [0.15, 0.2) is 4.99 Å². The van der Waals surface area contributed by atoms with Gasteiger partial charge in [0.25, 0.3) is 0 Å². The normalized spacial score (nSPS) is 14.9. The summed E-state index contributed by atoms with van der Waals surface area (Å²) in [7, 11) is 0. The van der Waals surface area contributed by atoms with Gasteiger partial charge in [0.1, 0.15) is 11.7 Å². The van der Waals surface area contributed by atoms with E-state index in [0.29, 0.717) is 5.92 Å². The average Bonchev–Trinajstić information content (AvgIpc) is 2.42. The number of imidazole rings is 1. The lowest BCUT2D eigenvalue weighted by molar-refractivity contribution is 0.601. The van der Waals surface area contributed by atoms with Crippen molar-refractivity contribution in [2.75, 3.05) is 5.43 Å². The number of aryl methyl sites for hydroxylation is 1. The third-order valence-electron chi connectivity index (χ3n) is 2.57. The zero-order valence-electron chi connectivity index (χ0n) is 9.83. The van der Waals surface area contributed by atoms with Crippen molar-refractivity contribution in [1.29, 1.82) is 0 Å². The molecule has 0 saturated carbocycles. The molecule has 0 saturated heterocycles. The zero-order chi connectivity index (χ0) is 11.0. The van der Waals surface area contributed by atoms with Gasteiger partial charge in [0, 0.05) is 6.42 Å². The highest BCUT2D eigenvalue weighted by Gasteiger charge is 2.17. The maximum Gasteiger partial charge on any atom is 0.128 e. The summed E-state index contributed by atoms with van der Waals surface area (Å²) in [6.07, 6.45) is 1.00. The standard InChI is InChI=1S/C11H18N4/c1-7(2)5-11-13-8(3)10-6-12-9(4)14-15(10)11/h7H,5-6H2,1-4H3,(H,12,14). The van der Waals surface area contributed by atoms with E-state index in [0.717, 1.165) is 30.3 Å². The van der Waals surface area contributed by atoms with Gasteiger partial charge in [-0.25, -0.2) is 9.66 Å². The van der Waals surface area contributed by atoms with Crippen LogP contribution in [0.1, 0.15) is 38.0 Å². The molecule has 1 aliphatic rings. The first kappa shape index (κ1) is 10.2. The molecule has 1 N–H and O–H groups in total. The minimum atomic E-state index is 0.622. The van der Waals surface area contributed by atoms with Crippen molar-refractivity contribution in [3.05, 3.63) is 17.2 Å². The molecule has 15 heavy (non-hydrogen) atoms. The molecule has 2 rings (SSSR count). The summed E-state index contributed by atoms with van der Waals surface area (Å²) in [4.78, 5) is 8.96. The number of rotatable bonds is 2. The molecule has 4 nitrogen and oxygen atoms in total. The molecule has 1 aliphatic heterocycles. The summed E-state index contributed by atoms with van der Waals surface area (Å²) in [5.74, 6) is 2.70. The van der Waals surface area contributed by atoms with Crippen LogP contribution in [0.25, 0.3) is 0 Å². The molecule has 0 atom stereocenters. The van der Waals surface area contributed by atoms with Crippen molar-refractivity contribution in [1.82, 2.24) is 9.66 Å². The molecule has 0 aliphatic carbocycles. The summed E-state index contributed by atoms with van der Waals surface area (Å²) in [6.45, 7) is 9.20. The zero-order valence-corrected chi connectivity index (χ0v) is 9.83. The Kier molecular flexibility index (Phi) is 2.50. The first-order valence-corrected chi connectivity index (χ1v) is 5.43. The van der Waals surface area contributed by atoms with Gasteiger partial charge in [-0.05, 0) is 19.8 Å². The molecule has 82 valence electrons. The number of aromatic nitrogens is 2. The Morgan fingerprint density at radius 2 is 2.13 bits per heavy atom. The fraction of sp³-hybridized carbons (Fsp3) is 0.636. The van der Waals surface area contributed by atoms with Gasteiger partial charge >= 0.3 is 0 Å². The van der Waals surface area contributed by atoms with Gasteiger partial charge in [0.15, 0.2) is 0 Å². The molecule has 0 bridgehead atoms. The molecule has 0 amide bonds. The second-order valence-corrected chi connectivity index (χ2v) is 4.51. The third kappa shape index (κ3) is 1.89. The Morgan fingerprint density at radius 1 is 1.40 bits per heavy atom. The number of hydrogen-bond donors (Lipinski definition) is 1. The molecule has 0 unspecified atom stereocenters. The predicted molar refractivity (Wildman–Crippen MR) is 61.7 cm³/mol. The van der Waals surface area contributed by atoms with Crippen molar-refractivity contribution in [3.8, 4) is 0 Å². The topological polar surface area (TPSA) is 42.2 Å². The first-order chi connectivity index (χ1) is 7.08. The van der Waals surface area contributed by atoms with Gasteiger partial charge in [0.2, 0.25) is 0 Å². The molecule has 0 radical (unpaired) electrons. The minimum Gasteiger partial charge on any atom is -0.280 e. The Hall–Kier alpha value is -1.32. The average molecular weight is 206 g/mol. The van der Waals surface area contributed by atoms with Crippen molar-refractivity contribution in [2.45, 2.75) is 40.7 Å². The minimum absolute atomic E-state index is 0.622. The van der Waals surface area contributed by atoms with Gasteiger partial charge in [-0.15, -0.1) is 0 Å². The lowest BCUT2D eigenvalue weighted by Crippen LogP contribution is -2.28. The summed E-state index contributed by atoms with van der Waals surface area (Å²) >= 11 is 0. The van der Waals surface area contributed by atoms with E-state index in [9.17, 15) is 0 Å². The van der Waals surface area contributed by atoms with E-state index >= 15 is 0 Å². The van der Waals surface area contributed by atoms with Gasteiger partial charge in [-0.2, -0.15) is 0 Å². The van der Waals surface area contributed by atoms with Crippen LogP contribution in [0.2, 0.25) is 0 Å². The monoisotopic (exact) mass is 206 g/mol. The number of fused-ring (bicyclic) bond motifs is 1. The van der Waals surface area contributed by atoms with Crippen LogP contribution in [0.5, 0.6) is 0 Å². The quantitative estimate of drug-likeness (QED) is 0.802. The number of nitrogens with zero attached hydrogens (tertiary/aromatic N) is 3. The Labute approximate surface area is 90.4 Å². The van der Waals surface area contributed by atoms with E-state index in [4.69, 9.17) is 0 Å². The van der Waals surface area contributed by atoms with Crippen LogP contribution >= 0.6 is 0 Å². The van der Waals surface area contributed by atoms with Gasteiger partial charge < -0.3 is 0 Å². The Morgan fingerprint density at radius 3 is 2.80 bits per heavy atom. The van der Waals surface area contributed by atoms with Gasteiger partial charge in [0.05, 0.1) is 17.9 Å². The fourth-order valence-electron chi connectivity index (χ4n) is 1.84. The molecule has 1 aromatic heterocycles. The number of amidine groups is 1. The van der Waals surface area contributed by atoms with Crippen LogP contribution in [-0.4, -0.2) is 15.5 Å². The van der Waals surface area contributed by atoms with E-state index in [1.165, 1.54) is 5.69 Å². The molecule has 2 heterocycles. The lowest BCUT2D eigenvalue weighted by Gasteiger charge is -2.18. The largest absolute Gasteiger partial charge is 0.280 e. The van der Waals surface area contributed by atoms with E-state index in [-0.39, 0.29) is 0 Å². The molecule has 0 fully saturated rings. The smallest absolute Gasteiger partial charge is 0.128 e. The Balaban J connectivity index is 2.35. The van der Waals surface area contributed by atoms with Crippen LogP contribution < -0.4 is 5.43 Å². The van der Waals surface area contributed by atoms with E-state index in [2.05, 4.69) is 33.9 Å². The predicted octanol–water partition coefficient (Wildman–Crippen LogP) is 1.87. The van der Waals surface area contributed by atoms with Crippen molar-refractivity contribution < 1.29 is 0 Å². The van der Waals surface area contributed by atoms with Crippen LogP contribution in [0, 0.1) is 12.8 Å². The summed E-state index contributed by atoms with van der Waals surface area (Å²) in [5.41, 5.74) is 5.54. The van der Waals surface area contributed by atoms with Crippen LogP contribution in [-0.2, 0) is 13.0 Å². The summed E-state index contributed by atoms with van der Waals surface area (Å²) in [6, 6.07) is 0. The highest BCUT2D eigenvalue weighted by Crippen LogP contribution is 2.16. The van der Waals surface area contributed by atoms with Crippen molar-refractivity contribution in [2.24, 2.45) is 10.9 Å². The van der Waals surface area contributed by atoms with E-state index in [1.54, 1.807) is 0 Å². The van der Waals surface area contributed by atoms with Gasteiger partial charge in [-0.1, -0.05) is 13.8 Å². The number of nitrogens with one attached hydrogen (secondary N) is 1. The van der Waals surface area contributed by atoms with Crippen LogP contribution in [0.3, 0.4) is 0 Å². The molecular formula is C11H18N4. The van der Waals surface area contributed by atoms with Crippen molar-refractivity contribution in [3.63, 3.8) is 0 Å². The maximum atomic E-state index is 4.59. The summed E-state index contributed by atoms with van der Waals surface area (Å²) in [5, 5.41) is 0. The molecule has 4 heteroatoms. The molecular weight excluding hydrogens is 188 g/mol. The molecule has 0 aromatic carbocycles. The second kappa shape index (κ2) is 3.68. The highest BCUT2D eigenvalue weighted by molar-refractivity contribution is 5.87. The highest BCUT2D eigenvalue weighted by atomic mass is 15.5. The Bertz CT molecular complexity index is 401. The summed E-state index contributed by atoms with van der Waals surface area (Å²) < 4.78 is 2.09. The fourth-order valence-corrected chi connectivity index (χ4v) is 1.84. The number of hydrogen-bond acceptors (Lipinski definition) is 3. The first-order valence-electron chi connectivity index (χ1n) is 5.43. The molecule has 0 spiro atoms. The van der Waals surface area contributed by atoms with Gasteiger partial charge in [-0.3, -0.25) is 10.4 Å². The van der Waals surface area contributed by atoms with Crippen molar-refractivity contribution >= 4 is 5.84 Å². The van der Waals surface area contributed by atoms with Crippen LogP contribution in [0.4, 0.5) is 0 Å². The van der Waals surface area contributed by atoms with E-state index < -0.39 is 0 Å². The SMILES string of the molecule is CC1=NCc2c(C)nc(CC(C)C)n2N1. The lowest BCUT2D eigenvalue weighted by atomic mass is 10.1. The molecule has 1 aromatic rings. The maximum absolute atomic E-state index is 4.59. The second-order valence-electron chi connectivity index (χ2n) is 4.51. The third-order valence-corrected chi connectivity index (χ3v) is 2.57. The number of aliphatic imine (C=N–C) groups is 1. The van der Waals surface area contributed by atoms with E-state index in [1.807, 2.05) is 13.8 Å².